The number of amides is 1. The summed E-state index contributed by atoms with van der Waals surface area (Å²) in [6.45, 7) is 4.69. The number of pyridine rings is 1. The average molecular weight is 277 g/mol. The van der Waals surface area contributed by atoms with Crippen molar-refractivity contribution in [3.8, 4) is 0 Å². The summed E-state index contributed by atoms with van der Waals surface area (Å²) in [4.78, 5) is 18.2. The number of carbonyl (C=O) groups excluding carboxylic acids is 1. The predicted octanol–water partition coefficient (Wildman–Crippen LogP) is 0.709. The quantitative estimate of drug-likeness (QED) is 0.797. The number of likely N-dealkylation sites (tertiary alicyclic amines) is 1. The van der Waals surface area contributed by atoms with Crippen LogP contribution in [0, 0.1) is 5.92 Å². The van der Waals surface area contributed by atoms with Gasteiger partial charge in [0.2, 0.25) is 5.91 Å². The Bertz CT molecular complexity index is 411. The molecule has 0 bridgehead atoms. The van der Waals surface area contributed by atoms with E-state index in [0.717, 1.165) is 44.8 Å². The van der Waals surface area contributed by atoms with Crippen molar-refractivity contribution in [2.24, 2.45) is 5.92 Å². The van der Waals surface area contributed by atoms with Gasteiger partial charge in [0.15, 0.2) is 0 Å². The highest BCUT2D eigenvalue weighted by Crippen LogP contribution is 2.14. The van der Waals surface area contributed by atoms with E-state index in [2.05, 4.69) is 15.2 Å². The van der Waals surface area contributed by atoms with Gasteiger partial charge in [0.1, 0.15) is 0 Å². The van der Waals surface area contributed by atoms with Crippen molar-refractivity contribution < 1.29 is 9.53 Å². The Balaban J connectivity index is 1.64. The fourth-order valence-corrected chi connectivity index (χ4v) is 2.51. The van der Waals surface area contributed by atoms with E-state index in [4.69, 9.17) is 4.74 Å². The van der Waals surface area contributed by atoms with Crippen molar-refractivity contribution in [2.75, 3.05) is 39.9 Å². The molecule has 2 heterocycles. The Morgan fingerprint density at radius 1 is 1.50 bits per heavy atom. The zero-order valence-corrected chi connectivity index (χ0v) is 12.0. The summed E-state index contributed by atoms with van der Waals surface area (Å²) >= 11 is 0. The highest BCUT2D eigenvalue weighted by Gasteiger charge is 2.22. The predicted molar refractivity (Wildman–Crippen MR) is 77.4 cm³/mol. The molecule has 1 amide bonds. The molecule has 1 aromatic heterocycles. The molecule has 5 nitrogen and oxygen atoms in total. The molecule has 1 N–H and O–H groups in total. The van der Waals surface area contributed by atoms with E-state index in [1.165, 1.54) is 0 Å². The first kappa shape index (κ1) is 14.9. The summed E-state index contributed by atoms with van der Waals surface area (Å²) in [5.41, 5.74) is 1.01. The van der Waals surface area contributed by atoms with E-state index in [-0.39, 0.29) is 5.91 Å². The van der Waals surface area contributed by atoms with E-state index in [1.54, 1.807) is 19.5 Å². The van der Waals surface area contributed by atoms with Crippen LogP contribution in [-0.2, 0) is 16.0 Å². The van der Waals surface area contributed by atoms with Crippen molar-refractivity contribution >= 4 is 5.91 Å². The molecule has 0 radical (unpaired) electrons. The third-order valence-electron chi connectivity index (χ3n) is 3.68. The van der Waals surface area contributed by atoms with Gasteiger partial charge in [-0.15, -0.1) is 0 Å². The minimum atomic E-state index is 0.0894. The van der Waals surface area contributed by atoms with Crippen molar-refractivity contribution in [1.29, 1.82) is 0 Å². The average Bonchev–Trinajstić information content (AvgIpc) is 2.92. The lowest BCUT2D eigenvalue weighted by Gasteiger charge is -2.15. The summed E-state index contributed by atoms with van der Waals surface area (Å²) in [6, 6.07) is 3.75. The van der Waals surface area contributed by atoms with Crippen molar-refractivity contribution in [3.63, 3.8) is 0 Å². The first-order valence-corrected chi connectivity index (χ1v) is 7.15. The zero-order chi connectivity index (χ0) is 14.2. The summed E-state index contributed by atoms with van der Waals surface area (Å²) in [6.07, 6.45) is 5.02. The van der Waals surface area contributed by atoms with E-state index in [9.17, 15) is 4.79 Å². The smallest absolute Gasteiger partial charge is 0.224 e. The molecule has 1 saturated heterocycles. The number of hydrogen-bond acceptors (Lipinski definition) is 4. The minimum Gasteiger partial charge on any atom is -0.383 e. The van der Waals surface area contributed by atoms with Gasteiger partial charge >= 0.3 is 0 Å². The van der Waals surface area contributed by atoms with Crippen LogP contribution in [0.2, 0.25) is 0 Å². The highest BCUT2D eigenvalue weighted by atomic mass is 16.5. The molecule has 1 atom stereocenters. The number of carbonyl (C=O) groups is 1. The third kappa shape index (κ3) is 4.90. The Morgan fingerprint density at radius 3 is 3.05 bits per heavy atom. The number of hydrogen-bond donors (Lipinski definition) is 1. The lowest BCUT2D eigenvalue weighted by Crippen LogP contribution is -2.32. The molecule has 5 heteroatoms. The number of methoxy groups -OCH3 is 1. The van der Waals surface area contributed by atoms with E-state index in [1.807, 2.05) is 12.1 Å². The summed E-state index contributed by atoms with van der Waals surface area (Å²) in [7, 11) is 1.73. The van der Waals surface area contributed by atoms with Gasteiger partial charge in [-0.2, -0.15) is 0 Å². The van der Waals surface area contributed by atoms with Crippen LogP contribution in [0.4, 0.5) is 0 Å². The Morgan fingerprint density at radius 2 is 2.30 bits per heavy atom. The molecule has 0 saturated carbocycles. The first-order chi connectivity index (χ1) is 9.78. The van der Waals surface area contributed by atoms with Crippen LogP contribution in [0.3, 0.4) is 0 Å². The Labute approximate surface area is 120 Å². The molecule has 2 rings (SSSR count). The molecule has 1 fully saturated rings. The molecule has 20 heavy (non-hydrogen) atoms. The molecular formula is C15H23N3O2. The van der Waals surface area contributed by atoms with Crippen LogP contribution in [0.15, 0.2) is 24.5 Å². The van der Waals surface area contributed by atoms with Crippen LogP contribution in [0.5, 0.6) is 0 Å². The fraction of sp³-hybridized carbons (Fsp3) is 0.600. The lowest BCUT2D eigenvalue weighted by atomic mass is 10.1. The van der Waals surface area contributed by atoms with E-state index < -0.39 is 0 Å². The molecular weight excluding hydrogens is 254 g/mol. The molecule has 0 spiro atoms. The molecule has 0 aromatic carbocycles. The number of nitrogens with zero attached hydrogens (tertiary/aromatic N) is 2. The molecule has 0 aliphatic carbocycles. The number of ether oxygens (including phenoxy) is 1. The van der Waals surface area contributed by atoms with Gasteiger partial charge in [0, 0.05) is 39.1 Å². The SMILES string of the molecule is COCCN1CCC(CNC(=O)Cc2ccncc2)C1. The van der Waals surface area contributed by atoms with E-state index >= 15 is 0 Å². The second-order valence-corrected chi connectivity index (χ2v) is 5.28. The van der Waals surface area contributed by atoms with Gasteiger partial charge in [-0.3, -0.25) is 9.78 Å². The van der Waals surface area contributed by atoms with Gasteiger partial charge in [0.05, 0.1) is 13.0 Å². The molecule has 110 valence electrons. The van der Waals surface area contributed by atoms with Gasteiger partial charge in [-0.05, 0) is 36.6 Å². The van der Waals surface area contributed by atoms with Crippen LogP contribution in [-0.4, -0.2) is 55.7 Å². The molecule has 1 aromatic rings. The number of rotatable bonds is 7. The summed E-state index contributed by atoms with van der Waals surface area (Å²) in [5.74, 6) is 0.653. The maximum absolute atomic E-state index is 11.9. The maximum Gasteiger partial charge on any atom is 0.224 e. The second-order valence-electron chi connectivity index (χ2n) is 5.28. The Hall–Kier alpha value is -1.46. The van der Waals surface area contributed by atoms with Crippen LogP contribution >= 0.6 is 0 Å². The topological polar surface area (TPSA) is 54.5 Å². The summed E-state index contributed by atoms with van der Waals surface area (Å²) < 4.78 is 5.09. The van der Waals surface area contributed by atoms with Crippen LogP contribution < -0.4 is 5.32 Å². The lowest BCUT2D eigenvalue weighted by molar-refractivity contribution is -0.120. The largest absolute Gasteiger partial charge is 0.383 e. The molecule has 1 aliphatic heterocycles. The zero-order valence-electron chi connectivity index (χ0n) is 12.0. The highest BCUT2D eigenvalue weighted by molar-refractivity contribution is 5.78. The van der Waals surface area contributed by atoms with Crippen molar-refractivity contribution in [1.82, 2.24) is 15.2 Å². The van der Waals surface area contributed by atoms with Crippen molar-refractivity contribution in [2.45, 2.75) is 12.8 Å². The number of nitrogens with one attached hydrogen (secondary N) is 1. The number of aromatic nitrogens is 1. The van der Waals surface area contributed by atoms with Crippen molar-refractivity contribution in [3.05, 3.63) is 30.1 Å². The maximum atomic E-state index is 11.9. The monoisotopic (exact) mass is 277 g/mol. The van der Waals surface area contributed by atoms with Gasteiger partial charge < -0.3 is 15.0 Å². The van der Waals surface area contributed by atoms with Gasteiger partial charge in [-0.1, -0.05) is 0 Å². The van der Waals surface area contributed by atoms with Crippen LogP contribution in [0.25, 0.3) is 0 Å². The third-order valence-corrected chi connectivity index (χ3v) is 3.68. The minimum absolute atomic E-state index is 0.0894. The normalized spacial score (nSPS) is 19.1. The first-order valence-electron chi connectivity index (χ1n) is 7.15. The fourth-order valence-electron chi connectivity index (χ4n) is 2.51. The molecule has 1 unspecified atom stereocenters. The van der Waals surface area contributed by atoms with Gasteiger partial charge in [-0.25, -0.2) is 0 Å². The van der Waals surface area contributed by atoms with Crippen LogP contribution in [0.1, 0.15) is 12.0 Å². The second kappa shape index (κ2) is 7.97. The Kier molecular flexibility index (Phi) is 5.95. The van der Waals surface area contributed by atoms with E-state index in [0.29, 0.717) is 12.3 Å². The summed E-state index contributed by atoms with van der Waals surface area (Å²) in [5, 5.41) is 3.03. The standard InChI is InChI=1S/C15H23N3O2/c1-20-9-8-18-7-4-14(12-18)11-17-15(19)10-13-2-5-16-6-3-13/h2-3,5-6,14H,4,7-12H2,1H3,(H,17,19). The molecule has 1 aliphatic rings. The van der Waals surface area contributed by atoms with Gasteiger partial charge in [0.25, 0.3) is 0 Å².